The van der Waals surface area contributed by atoms with E-state index in [1.165, 1.54) is 11.8 Å². The Morgan fingerprint density at radius 3 is 2.83 bits per heavy atom. The molecule has 0 fully saturated rings. The van der Waals surface area contributed by atoms with E-state index in [9.17, 15) is 10.5 Å². The largest absolute Gasteiger partial charge is 0.496 e. The van der Waals surface area contributed by atoms with E-state index in [2.05, 4.69) is 21.0 Å². The number of nitriles is 2. The molecule has 0 unspecified atom stereocenters. The Bertz CT molecular complexity index is 874. The molecule has 2 rings (SSSR count). The third kappa shape index (κ3) is 3.40. The van der Waals surface area contributed by atoms with Gasteiger partial charge in [0.25, 0.3) is 0 Å². The van der Waals surface area contributed by atoms with Crippen LogP contribution in [-0.4, -0.2) is 28.6 Å². The molecule has 3 N–H and O–H groups in total. The molecule has 122 valence electrons. The van der Waals surface area contributed by atoms with Crippen LogP contribution in [0.25, 0.3) is 11.6 Å². The molecular weight excluding hydrogens is 374 g/mol. The van der Waals surface area contributed by atoms with Crippen LogP contribution in [0.1, 0.15) is 16.8 Å². The van der Waals surface area contributed by atoms with Gasteiger partial charge in [0.05, 0.1) is 25.8 Å². The molecule has 0 aliphatic heterocycles. The van der Waals surface area contributed by atoms with Crippen molar-refractivity contribution in [2.45, 2.75) is 6.54 Å². The maximum absolute atomic E-state index is 9.50. The van der Waals surface area contributed by atoms with Gasteiger partial charge in [-0.25, -0.2) is 4.68 Å². The Morgan fingerprint density at radius 1 is 1.50 bits per heavy atom. The van der Waals surface area contributed by atoms with Gasteiger partial charge in [-0.1, -0.05) is 15.9 Å². The topological polar surface area (TPSA) is 121 Å². The summed E-state index contributed by atoms with van der Waals surface area (Å²) in [6.07, 6.45) is 1.58. The highest BCUT2D eigenvalue weighted by molar-refractivity contribution is 9.10. The minimum absolute atomic E-state index is 0.102. The highest BCUT2D eigenvalue weighted by atomic mass is 79.9. The third-order valence-electron chi connectivity index (χ3n) is 3.28. The van der Waals surface area contributed by atoms with Crippen molar-refractivity contribution in [3.8, 4) is 17.9 Å². The number of halogens is 1. The lowest BCUT2D eigenvalue weighted by Gasteiger charge is -2.05. The molecule has 8 heteroatoms. The SMILES string of the molecule is COc1ccc(Br)cc1/C=C(/C#N)c1nn(CCO)c(N)c1C#N. The number of aliphatic hydroxyl groups excluding tert-OH is 1. The van der Waals surface area contributed by atoms with Gasteiger partial charge in [0.15, 0.2) is 0 Å². The van der Waals surface area contributed by atoms with Crippen LogP contribution in [0.3, 0.4) is 0 Å². The molecule has 1 aromatic carbocycles. The van der Waals surface area contributed by atoms with Crippen LogP contribution in [-0.2, 0) is 6.54 Å². The molecule has 0 saturated heterocycles. The van der Waals surface area contributed by atoms with Crippen LogP contribution in [0.4, 0.5) is 5.82 Å². The van der Waals surface area contributed by atoms with Gasteiger partial charge in [-0.05, 0) is 24.3 Å². The highest BCUT2D eigenvalue weighted by Crippen LogP contribution is 2.29. The summed E-state index contributed by atoms with van der Waals surface area (Å²) in [5.74, 6) is 0.691. The summed E-state index contributed by atoms with van der Waals surface area (Å²) >= 11 is 3.37. The monoisotopic (exact) mass is 387 g/mol. The molecule has 24 heavy (non-hydrogen) atoms. The summed E-state index contributed by atoms with van der Waals surface area (Å²) in [6, 6.07) is 9.36. The number of ether oxygens (including phenoxy) is 1. The quantitative estimate of drug-likeness (QED) is 0.758. The first-order valence-electron chi connectivity index (χ1n) is 6.88. The molecule has 0 atom stereocenters. The van der Waals surface area contributed by atoms with Crippen molar-refractivity contribution in [1.29, 1.82) is 10.5 Å². The Morgan fingerprint density at radius 2 is 2.25 bits per heavy atom. The number of benzene rings is 1. The predicted octanol–water partition coefficient (Wildman–Crippen LogP) is 2.16. The number of nitrogens with two attached hydrogens (primary N) is 1. The maximum Gasteiger partial charge on any atom is 0.140 e. The van der Waals surface area contributed by atoms with E-state index in [1.807, 2.05) is 18.2 Å². The van der Waals surface area contributed by atoms with Gasteiger partial charge < -0.3 is 15.6 Å². The van der Waals surface area contributed by atoms with Gasteiger partial charge in [-0.2, -0.15) is 15.6 Å². The van der Waals surface area contributed by atoms with E-state index in [0.29, 0.717) is 11.3 Å². The zero-order chi connectivity index (χ0) is 17.7. The normalized spacial score (nSPS) is 11.0. The second-order valence-corrected chi connectivity index (χ2v) is 5.64. The van der Waals surface area contributed by atoms with E-state index >= 15 is 0 Å². The number of anilines is 1. The van der Waals surface area contributed by atoms with Gasteiger partial charge in [0.2, 0.25) is 0 Å². The zero-order valence-corrected chi connectivity index (χ0v) is 14.4. The number of aromatic nitrogens is 2. The van der Waals surface area contributed by atoms with Crippen LogP contribution in [0.15, 0.2) is 22.7 Å². The summed E-state index contributed by atoms with van der Waals surface area (Å²) < 4.78 is 7.40. The Labute approximate surface area is 147 Å². The zero-order valence-electron chi connectivity index (χ0n) is 12.8. The standard InChI is InChI=1S/C16H14BrN5O2/c1-24-14-3-2-12(17)7-10(14)6-11(8-18)15-13(9-19)16(20)22(21-15)4-5-23/h2-3,6-7,23H,4-5,20H2,1H3/b11-6-. The first-order valence-corrected chi connectivity index (χ1v) is 7.68. The van der Waals surface area contributed by atoms with E-state index in [4.69, 9.17) is 15.6 Å². The van der Waals surface area contributed by atoms with Crippen molar-refractivity contribution >= 4 is 33.4 Å². The number of hydrogen-bond donors (Lipinski definition) is 2. The number of rotatable bonds is 5. The lowest BCUT2D eigenvalue weighted by atomic mass is 10.1. The summed E-state index contributed by atoms with van der Waals surface area (Å²) in [5, 5.41) is 32.1. The van der Waals surface area contributed by atoms with Gasteiger partial charge in [-0.15, -0.1) is 0 Å². The minimum atomic E-state index is -0.179. The van der Waals surface area contributed by atoms with E-state index in [0.717, 1.165) is 4.47 Å². The molecule has 0 radical (unpaired) electrons. The van der Waals surface area contributed by atoms with Crippen molar-refractivity contribution in [1.82, 2.24) is 9.78 Å². The van der Waals surface area contributed by atoms with E-state index in [-0.39, 0.29) is 35.8 Å². The summed E-state index contributed by atoms with van der Waals surface area (Å²) in [5.41, 5.74) is 6.97. The fourth-order valence-electron chi connectivity index (χ4n) is 2.17. The van der Waals surface area contributed by atoms with Crippen molar-refractivity contribution in [3.05, 3.63) is 39.5 Å². The van der Waals surface area contributed by atoms with Crippen LogP contribution >= 0.6 is 15.9 Å². The molecule has 7 nitrogen and oxygen atoms in total. The minimum Gasteiger partial charge on any atom is -0.496 e. The smallest absolute Gasteiger partial charge is 0.140 e. The Hall–Kier alpha value is -2.81. The fraction of sp³-hybridized carbons (Fsp3) is 0.188. The highest BCUT2D eigenvalue weighted by Gasteiger charge is 2.19. The number of methoxy groups -OCH3 is 1. The fourth-order valence-corrected chi connectivity index (χ4v) is 2.54. The van der Waals surface area contributed by atoms with Crippen LogP contribution < -0.4 is 10.5 Å². The average Bonchev–Trinajstić information content (AvgIpc) is 2.89. The molecular formula is C16H14BrN5O2. The van der Waals surface area contributed by atoms with Gasteiger partial charge in [0.1, 0.15) is 35.0 Å². The molecule has 1 heterocycles. The molecule has 0 aliphatic rings. The Balaban J connectivity index is 2.62. The molecule has 0 bridgehead atoms. The lowest BCUT2D eigenvalue weighted by molar-refractivity contribution is 0.270. The van der Waals surface area contributed by atoms with Gasteiger partial charge >= 0.3 is 0 Å². The molecule has 0 aliphatic carbocycles. The first kappa shape index (κ1) is 17.5. The summed E-state index contributed by atoms with van der Waals surface area (Å²) in [7, 11) is 1.53. The second-order valence-electron chi connectivity index (χ2n) is 4.72. The number of nitrogens with zero attached hydrogens (tertiary/aromatic N) is 4. The van der Waals surface area contributed by atoms with Crippen molar-refractivity contribution < 1.29 is 9.84 Å². The van der Waals surface area contributed by atoms with E-state index in [1.54, 1.807) is 18.2 Å². The van der Waals surface area contributed by atoms with Gasteiger partial charge in [-0.3, -0.25) is 0 Å². The van der Waals surface area contributed by atoms with Crippen molar-refractivity contribution in [2.24, 2.45) is 0 Å². The number of nitrogen functional groups attached to an aromatic ring is 1. The summed E-state index contributed by atoms with van der Waals surface area (Å²) in [4.78, 5) is 0. The lowest BCUT2D eigenvalue weighted by Crippen LogP contribution is -2.07. The number of hydrogen-bond acceptors (Lipinski definition) is 6. The molecule has 2 aromatic rings. The predicted molar refractivity (Wildman–Crippen MR) is 92.6 cm³/mol. The second kappa shape index (κ2) is 7.64. The number of aliphatic hydroxyl groups is 1. The molecule has 1 aromatic heterocycles. The van der Waals surface area contributed by atoms with Crippen LogP contribution in [0.2, 0.25) is 0 Å². The molecule has 0 saturated carbocycles. The van der Waals surface area contributed by atoms with Gasteiger partial charge in [0, 0.05) is 10.0 Å². The van der Waals surface area contributed by atoms with Crippen LogP contribution in [0.5, 0.6) is 5.75 Å². The molecule has 0 spiro atoms. The first-order chi connectivity index (χ1) is 11.5. The van der Waals surface area contributed by atoms with Crippen molar-refractivity contribution in [3.63, 3.8) is 0 Å². The molecule has 0 amide bonds. The van der Waals surface area contributed by atoms with Crippen molar-refractivity contribution in [2.75, 3.05) is 19.5 Å². The van der Waals surface area contributed by atoms with Crippen LogP contribution in [0, 0.1) is 22.7 Å². The van der Waals surface area contributed by atoms with E-state index < -0.39 is 0 Å². The maximum atomic E-state index is 9.50. The Kier molecular flexibility index (Phi) is 5.59. The number of allylic oxidation sites excluding steroid dienone is 1. The summed E-state index contributed by atoms with van der Waals surface area (Å²) in [6.45, 7) is -0.0410. The third-order valence-corrected chi connectivity index (χ3v) is 3.78. The average molecular weight is 388 g/mol.